The molecule has 0 fully saturated rings. The van der Waals surface area contributed by atoms with E-state index in [0.717, 1.165) is 39.7 Å². The minimum absolute atomic E-state index is 0.899. The van der Waals surface area contributed by atoms with E-state index in [-0.39, 0.29) is 0 Å². The van der Waals surface area contributed by atoms with Crippen LogP contribution >= 0.6 is 0 Å². The van der Waals surface area contributed by atoms with Gasteiger partial charge in [0.05, 0.1) is 17.4 Å². The summed E-state index contributed by atoms with van der Waals surface area (Å²) >= 11 is 0. The maximum atomic E-state index is 4.52. The van der Waals surface area contributed by atoms with Gasteiger partial charge in [-0.25, -0.2) is 0 Å². The minimum Gasteiger partial charge on any atom is -0.277 e. The molecule has 2 heterocycles. The number of benzene rings is 1. The van der Waals surface area contributed by atoms with E-state index in [0.29, 0.717) is 0 Å². The summed E-state index contributed by atoms with van der Waals surface area (Å²) in [6.45, 7) is 8.30. The van der Waals surface area contributed by atoms with Crippen LogP contribution in [0.4, 0.5) is 0 Å². The van der Waals surface area contributed by atoms with Gasteiger partial charge in [0.2, 0.25) is 0 Å². The Morgan fingerprint density at radius 2 is 2.08 bits per heavy atom. The first-order valence-electron chi connectivity index (χ1n) is 8.14. The molecule has 0 amide bonds. The summed E-state index contributed by atoms with van der Waals surface area (Å²) in [6, 6.07) is 8.49. The van der Waals surface area contributed by atoms with Crippen LogP contribution in [0.25, 0.3) is 27.6 Å². The average molecular weight is 315 g/mol. The minimum atomic E-state index is 0.899. The van der Waals surface area contributed by atoms with Gasteiger partial charge in [0.25, 0.3) is 0 Å². The van der Waals surface area contributed by atoms with Crippen LogP contribution in [0, 0.1) is 0 Å². The van der Waals surface area contributed by atoms with E-state index < -0.39 is 0 Å². The van der Waals surface area contributed by atoms with Crippen molar-refractivity contribution in [1.29, 1.82) is 0 Å². The van der Waals surface area contributed by atoms with E-state index in [9.17, 15) is 0 Å². The molecule has 1 N–H and O–H groups in total. The predicted molar refractivity (Wildman–Crippen MR) is 102 cm³/mol. The van der Waals surface area contributed by atoms with Gasteiger partial charge in [0, 0.05) is 17.1 Å². The zero-order valence-corrected chi connectivity index (χ0v) is 14.1. The lowest BCUT2D eigenvalue weighted by molar-refractivity contribution is 1.08. The third kappa shape index (κ3) is 3.06. The van der Waals surface area contributed by atoms with E-state index in [1.165, 1.54) is 5.56 Å². The van der Waals surface area contributed by atoms with Gasteiger partial charge in [-0.05, 0) is 42.2 Å². The van der Waals surface area contributed by atoms with Crippen molar-refractivity contribution >= 4 is 16.5 Å². The zero-order valence-electron chi connectivity index (χ0n) is 14.1. The number of fused-ring (bicyclic) bond motifs is 1. The summed E-state index contributed by atoms with van der Waals surface area (Å²) < 4.78 is 0. The second kappa shape index (κ2) is 7.09. The molecule has 0 spiro atoms. The van der Waals surface area contributed by atoms with Crippen LogP contribution in [0.2, 0.25) is 0 Å². The molecule has 3 heteroatoms. The predicted octanol–water partition coefficient (Wildman–Crippen LogP) is 5.33. The van der Waals surface area contributed by atoms with E-state index >= 15 is 0 Å². The molecule has 120 valence electrons. The van der Waals surface area contributed by atoms with Crippen molar-refractivity contribution in [2.75, 3.05) is 0 Å². The maximum absolute atomic E-state index is 4.52. The highest BCUT2D eigenvalue weighted by Crippen LogP contribution is 2.32. The van der Waals surface area contributed by atoms with E-state index in [1.807, 2.05) is 49.7 Å². The largest absolute Gasteiger partial charge is 0.277 e. The molecule has 0 aliphatic carbocycles. The van der Waals surface area contributed by atoms with Crippen molar-refractivity contribution in [2.45, 2.75) is 20.3 Å². The van der Waals surface area contributed by atoms with Crippen molar-refractivity contribution in [3.8, 4) is 11.1 Å². The lowest BCUT2D eigenvalue weighted by Crippen LogP contribution is -1.89. The Morgan fingerprint density at radius 1 is 1.21 bits per heavy atom. The topological polar surface area (TPSA) is 41.6 Å². The molecule has 3 aromatic rings. The number of H-pyrrole nitrogens is 1. The molecular weight excluding hydrogens is 294 g/mol. The summed E-state index contributed by atoms with van der Waals surface area (Å²) in [5.41, 5.74) is 6.29. The molecule has 2 aromatic heterocycles. The standard InChI is InChI=1S/C21H21N3/c1-4-6-7-8-15(3)21-19(14-23-24-21)17-11-12-22-20-13-16(5-2)9-10-18(17)20/h4,6-14H,3,5H2,1-2H3,(H,23,24)/b6-4-,8-7-. The van der Waals surface area contributed by atoms with E-state index in [4.69, 9.17) is 0 Å². The first-order valence-corrected chi connectivity index (χ1v) is 8.14. The Balaban J connectivity index is 2.09. The van der Waals surface area contributed by atoms with Crippen LogP contribution < -0.4 is 0 Å². The van der Waals surface area contributed by atoms with Gasteiger partial charge in [0.15, 0.2) is 0 Å². The van der Waals surface area contributed by atoms with Gasteiger partial charge in [0.1, 0.15) is 0 Å². The summed E-state index contributed by atoms with van der Waals surface area (Å²) in [7, 11) is 0. The summed E-state index contributed by atoms with van der Waals surface area (Å²) in [4.78, 5) is 4.52. The van der Waals surface area contributed by atoms with Gasteiger partial charge in [-0.15, -0.1) is 0 Å². The fraction of sp³-hybridized carbons (Fsp3) is 0.143. The van der Waals surface area contributed by atoms with Crippen LogP contribution in [0.5, 0.6) is 0 Å². The van der Waals surface area contributed by atoms with E-state index in [1.54, 1.807) is 0 Å². The van der Waals surface area contributed by atoms with Crippen LogP contribution in [-0.4, -0.2) is 15.2 Å². The molecule has 0 aliphatic heterocycles. The number of hydrogen-bond acceptors (Lipinski definition) is 2. The number of hydrogen-bond donors (Lipinski definition) is 1. The molecular formula is C21H21N3. The van der Waals surface area contributed by atoms with Crippen LogP contribution in [-0.2, 0) is 6.42 Å². The smallest absolute Gasteiger partial charge is 0.0722 e. The Bertz CT molecular complexity index is 929. The van der Waals surface area contributed by atoms with Gasteiger partial charge >= 0.3 is 0 Å². The number of allylic oxidation sites excluding steroid dienone is 5. The maximum Gasteiger partial charge on any atom is 0.0722 e. The Morgan fingerprint density at radius 3 is 2.88 bits per heavy atom. The van der Waals surface area contributed by atoms with Crippen molar-refractivity contribution in [3.63, 3.8) is 0 Å². The normalized spacial score (nSPS) is 11.8. The summed E-state index contributed by atoms with van der Waals surface area (Å²) in [5, 5.41) is 8.43. The summed E-state index contributed by atoms with van der Waals surface area (Å²) in [6.07, 6.45) is 12.6. The van der Waals surface area contributed by atoms with Gasteiger partial charge in [-0.3, -0.25) is 10.1 Å². The highest BCUT2D eigenvalue weighted by Gasteiger charge is 2.12. The van der Waals surface area contributed by atoms with Gasteiger partial charge in [-0.1, -0.05) is 49.9 Å². The van der Waals surface area contributed by atoms with E-state index in [2.05, 4.69) is 46.9 Å². The number of pyridine rings is 1. The molecule has 0 radical (unpaired) electrons. The molecule has 0 bridgehead atoms. The Labute approximate surface area is 142 Å². The highest BCUT2D eigenvalue weighted by atomic mass is 15.1. The molecule has 24 heavy (non-hydrogen) atoms. The molecule has 3 nitrogen and oxygen atoms in total. The molecule has 0 unspecified atom stereocenters. The fourth-order valence-electron chi connectivity index (χ4n) is 2.75. The fourth-order valence-corrected chi connectivity index (χ4v) is 2.75. The number of aromatic nitrogens is 3. The Kier molecular flexibility index (Phi) is 4.71. The number of nitrogens with one attached hydrogen (secondary N) is 1. The molecule has 0 saturated heterocycles. The highest BCUT2D eigenvalue weighted by molar-refractivity contribution is 5.97. The molecule has 0 aliphatic rings. The van der Waals surface area contributed by atoms with Crippen LogP contribution in [0.3, 0.4) is 0 Å². The number of nitrogens with zero attached hydrogens (tertiary/aromatic N) is 2. The van der Waals surface area contributed by atoms with Crippen molar-refractivity contribution in [2.24, 2.45) is 0 Å². The second-order valence-electron chi connectivity index (χ2n) is 5.63. The van der Waals surface area contributed by atoms with Crippen molar-refractivity contribution in [1.82, 2.24) is 15.2 Å². The number of aryl methyl sites for hydroxylation is 1. The van der Waals surface area contributed by atoms with Crippen LogP contribution in [0.15, 0.2) is 67.5 Å². The quantitative estimate of drug-likeness (QED) is 0.646. The SMILES string of the molecule is C=C(/C=C\C=C/C)c1[nH]ncc1-c1ccnc2cc(CC)ccc12. The average Bonchev–Trinajstić information content (AvgIpc) is 3.10. The lowest BCUT2D eigenvalue weighted by Gasteiger charge is -2.08. The van der Waals surface area contributed by atoms with Gasteiger partial charge < -0.3 is 0 Å². The molecule has 0 atom stereocenters. The number of aromatic amines is 1. The summed E-state index contributed by atoms with van der Waals surface area (Å²) in [5.74, 6) is 0. The van der Waals surface area contributed by atoms with Gasteiger partial charge in [-0.2, -0.15) is 5.10 Å². The van der Waals surface area contributed by atoms with Crippen LogP contribution in [0.1, 0.15) is 25.1 Å². The molecule has 3 rings (SSSR count). The third-order valence-corrected chi connectivity index (χ3v) is 4.07. The first kappa shape index (κ1) is 15.9. The zero-order chi connectivity index (χ0) is 16.9. The monoisotopic (exact) mass is 315 g/mol. The molecule has 0 saturated carbocycles. The second-order valence-corrected chi connectivity index (χ2v) is 5.63. The van der Waals surface area contributed by atoms with Crippen molar-refractivity contribution in [3.05, 3.63) is 78.8 Å². The first-order chi connectivity index (χ1) is 11.7. The lowest BCUT2D eigenvalue weighted by atomic mass is 9.98. The Hall–Kier alpha value is -2.94. The molecule has 1 aromatic carbocycles. The van der Waals surface area contributed by atoms with Crippen molar-refractivity contribution < 1.29 is 0 Å². The number of rotatable bonds is 5. The third-order valence-electron chi connectivity index (χ3n) is 4.07.